The third kappa shape index (κ3) is 1.91. The van der Waals surface area contributed by atoms with E-state index in [1.807, 2.05) is 0 Å². The fraction of sp³-hybridized carbons (Fsp3) is 0.214. The summed E-state index contributed by atoms with van der Waals surface area (Å²) < 4.78 is 26.7. The lowest BCUT2D eigenvalue weighted by Crippen LogP contribution is -2.16. The number of rotatable bonds is 1. The largest absolute Gasteiger partial charge is 0.506 e. The first kappa shape index (κ1) is 11.9. The summed E-state index contributed by atoms with van der Waals surface area (Å²) in [5.74, 6) is -1.04. The average molecular weight is 262 g/mol. The molecule has 2 heterocycles. The number of hydrogen-bond donors (Lipinski definition) is 1. The Hall–Kier alpha value is -2.17. The molecule has 1 aromatic carbocycles. The fourth-order valence-electron chi connectivity index (χ4n) is 2.36. The van der Waals surface area contributed by atoms with Crippen LogP contribution >= 0.6 is 0 Å². The Kier molecular flexibility index (Phi) is 2.62. The molecule has 0 spiro atoms. The van der Waals surface area contributed by atoms with Gasteiger partial charge < -0.3 is 10.0 Å². The molecular formula is C14H12F2N2O. The summed E-state index contributed by atoms with van der Waals surface area (Å²) in [5, 5.41) is 9.95. The minimum Gasteiger partial charge on any atom is -0.506 e. The maximum Gasteiger partial charge on any atom is 0.149 e. The van der Waals surface area contributed by atoms with Crippen molar-refractivity contribution in [2.75, 3.05) is 4.90 Å². The van der Waals surface area contributed by atoms with Crippen LogP contribution < -0.4 is 4.90 Å². The van der Waals surface area contributed by atoms with Crippen LogP contribution in [0.3, 0.4) is 0 Å². The molecule has 5 heteroatoms. The lowest BCUT2D eigenvalue weighted by molar-refractivity contribution is 0.461. The molecule has 0 saturated heterocycles. The molecule has 1 aromatic heterocycles. The number of aromatic hydroxyl groups is 1. The standard InChI is InChI=1S/C14H12F2N2O/c1-8-14(19)11-7-18(6-9(11)5-17-8)13-3-2-10(15)4-12(13)16/h2-5,19H,6-7H2,1H3. The highest BCUT2D eigenvalue weighted by Crippen LogP contribution is 2.35. The monoisotopic (exact) mass is 262 g/mol. The summed E-state index contributed by atoms with van der Waals surface area (Å²) in [7, 11) is 0. The van der Waals surface area contributed by atoms with Crippen LogP contribution in [0.5, 0.6) is 5.75 Å². The van der Waals surface area contributed by atoms with E-state index in [0.29, 0.717) is 24.5 Å². The predicted octanol–water partition coefficient (Wildman–Crippen LogP) is 2.89. The van der Waals surface area contributed by atoms with Gasteiger partial charge in [-0.2, -0.15) is 0 Å². The SMILES string of the molecule is Cc1ncc2c(c1O)CN(c1ccc(F)cc1F)C2. The number of aromatic nitrogens is 1. The van der Waals surface area contributed by atoms with Gasteiger partial charge in [0.2, 0.25) is 0 Å². The van der Waals surface area contributed by atoms with Crippen molar-refractivity contribution >= 4 is 5.69 Å². The summed E-state index contributed by atoms with van der Waals surface area (Å²) in [6, 6.07) is 3.50. The maximum atomic E-state index is 13.7. The molecule has 98 valence electrons. The van der Waals surface area contributed by atoms with Crippen molar-refractivity contribution in [1.29, 1.82) is 0 Å². The number of hydrogen-bond acceptors (Lipinski definition) is 3. The van der Waals surface area contributed by atoms with Gasteiger partial charge in [0.1, 0.15) is 17.4 Å². The first-order valence-corrected chi connectivity index (χ1v) is 5.92. The van der Waals surface area contributed by atoms with Gasteiger partial charge in [0.15, 0.2) is 0 Å². The van der Waals surface area contributed by atoms with E-state index in [4.69, 9.17) is 0 Å². The van der Waals surface area contributed by atoms with Gasteiger partial charge in [-0.15, -0.1) is 0 Å². The molecular weight excluding hydrogens is 250 g/mol. The number of aryl methyl sites for hydroxylation is 1. The minimum atomic E-state index is -0.600. The van der Waals surface area contributed by atoms with Crippen molar-refractivity contribution in [3.8, 4) is 5.75 Å². The van der Waals surface area contributed by atoms with Gasteiger partial charge in [-0.3, -0.25) is 4.98 Å². The number of fused-ring (bicyclic) bond motifs is 1. The Morgan fingerprint density at radius 2 is 2.05 bits per heavy atom. The van der Waals surface area contributed by atoms with E-state index in [1.165, 1.54) is 12.1 Å². The Bertz CT molecular complexity index is 658. The second kappa shape index (κ2) is 4.19. The first-order chi connectivity index (χ1) is 9.06. The Morgan fingerprint density at radius 1 is 1.26 bits per heavy atom. The number of pyridine rings is 1. The van der Waals surface area contributed by atoms with Crippen molar-refractivity contribution in [2.45, 2.75) is 20.0 Å². The van der Waals surface area contributed by atoms with Gasteiger partial charge in [0, 0.05) is 30.9 Å². The highest BCUT2D eigenvalue weighted by Gasteiger charge is 2.25. The Labute approximate surface area is 109 Å². The third-order valence-electron chi connectivity index (χ3n) is 3.39. The zero-order chi connectivity index (χ0) is 13.6. The molecule has 0 saturated carbocycles. The van der Waals surface area contributed by atoms with Crippen LogP contribution in [0.1, 0.15) is 16.8 Å². The Morgan fingerprint density at radius 3 is 2.79 bits per heavy atom. The lowest BCUT2D eigenvalue weighted by Gasteiger charge is -2.18. The zero-order valence-electron chi connectivity index (χ0n) is 10.3. The molecule has 2 aromatic rings. The van der Waals surface area contributed by atoms with Crippen molar-refractivity contribution < 1.29 is 13.9 Å². The second-order valence-electron chi connectivity index (χ2n) is 4.65. The molecule has 0 unspecified atom stereocenters. The van der Waals surface area contributed by atoms with E-state index in [0.717, 1.165) is 17.2 Å². The van der Waals surface area contributed by atoms with Gasteiger partial charge in [0.05, 0.1) is 11.4 Å². The van der Waals surface area contributed by atoms with E-state index in [2.05, 4.69) is 4.98 Å². The van der Waals surface area contributed by atoms with E-state index >= 15 is 0 Å². The van der Waals surface area contributed by atoms with Gasteiger partial charge in [-0.05, 0) is 24.6 Å². The fourth-order valence-corrected chi connectivity index (χ4v) is 2.36. The van der Waals surface area contributed by atoms with Crippen LogP contribution in [0.4, 0.5) is 14.5 Å². The molecule has 1 N–H and O–H groups in total. The van der Waals surface area contributed by atoms with Crippen LogP contribution in [0.15, 0.2) is 24.4 Å². The Balaban J connectivity index is 1.97. The molecule has 3 rings (SSSR count). The number of halogens is 2. The van der Waals surface area contributed by atoms with E-state index < -0.39 is 11.6 Å². The quantitative estimate of drug-likeness (QED) is 0.858. The molecule has 0 atom stereocenters. The molecule has 0 bridgehead atoms. The van der Waals surface area contributed by atoms with Gasteiger partial charge >= 0.3 is 0 Å². The van der Waals surface area contributed by atoms with Crippen molar-refractivity contribution in [3.05, 3.63) is 52.9 Å². The van der Waals surface area contributed by atoms with Gasteiger partial charge in [-0.1, -0.05) is 0 Å². The number of benzene rings is 1. The third-order valence-corrected chi connectivity index (χ3v) is 3.39. The maximum absolute atomic E-state index is 13.7. The van der Waals surface area contributed by atoms with E-state index in [9.17, 15) is 13.9 Å². The number of nitrogens with zero attached hydrogens (tertiary/aromatic N) is 2. The normalized spacial score (nSPS) is 13.7. The van der Waals surface area contributed by atoms with Crippen LogP contribution in [0.25, 0.3) is 0 Å². The topological polar surface area (TPSA) is 36.4 Å². The van der Waals surface area contributed by atoms with Crippen LogP contribution in [-0.4, -0.2) is 10.1 Å². The van der Waals surface area contributed by atoms with Gasteiger partial charge in [-0.25, -0.2) is 8.78 Å². The van der Waals surface area contributed by atoms with E-state index in [1.54, 1.807) is 18.0 Å². The van der Waals surface area contributed by atoms with Gasteiger partial charge in [0.25, 0.3) is 0 Å². The summed E-state index contributed by atoms with van der Waals surface area (Å²) in [4.78, 5) is 5.83. The molecule has 1 aliphatic rings. The van der Waals surface area contributed by atoms with Crippen molar-refractivity contribution in [1.82, 2.24) is 4.98 Å². The molecule has 3 nitrogen and oxygen atoms in total. The van der Waals surface area contributed by atoms with Crippen LogP contribution in [0, 0.1) is 18.6 Å². The summed E-state index contributed by atoms with van der Waals surface area (Å²) >= 11 is 0. The first-order valence-electron chi connectivity index (χ1n) is 5.92. The smallest absolute Gasteiger partial charge is 0.149 e. The predicted molar refractivity (Wildman–Crippen MR) is 66.9 cm³/mol. The van der Waals surface area contributed by atoms with Crippen LogP contribution in [0.2, 0.25) is 0 Å². The summed E-state index contributed by atoms with van der Waals surface area (Å²) in [6.45, 7) is 2.57. The van der Waals surface area contributed by atoms with Crippen LogP contribution in [-0.2, 0) is 13.1 Å². The summed E-state index contributed by atoms with van der Waals surface area (Å²) in [6.07, 6.45) is 1.69. The molecule has 1 aliphatic heterocycles. The van der Waals surface area contributed by atoms with Crippen molar-refractivity contribution in [2.24, 2.45) is 0 Å². The van der Waals surface area contributed by atoms with Crippen molar-refractivity contribution in [3.63, 3.8) is 0 Å². The highest BCUT2D eigenvalue weighted by molar-refractivity contribution is 5.55. The molecule has 0 amide bonds. The molecule has 0 fully saturated rings. The number of anilines is 1. The molecule has 0 aliphatic carbocycles. The van der Waals surface area contributed by atoms with E-state index in [-0.39, 0.29) is 5.75 Å². The minimum absolute atomic E-state index is 0.155. The average Bonchev–Trinajstić information content (AvgIpc) is 2.78. The summed E-state index contributed by atoms with van der Waals surface area (Å²) in [5.41, 5.74) is 2.51. The molecule has 19 heavy (non-hydrogen) atoms. The second-order valence-corrected chi connectivity index (χ2v) is 4.65. The molecule has 0 radical (unpaired) electrons. The highest BCUT2D eigenvalue weighted by atomic mass is 19.1. The lowest BCUT2D eigenvalue weighted by atomic mass is 10.1. The zero-order valence-corrected chi connectivity index (χ0v) is 10.3.